The maximum absolute atomic E-state index is 9.55. The lowest BCUT2D eigenvalue weighted by atomic mass is 9.99. The highest BCUT2D eigenvalue weighted by Crippen LogP contribution is 2.45. The quantitative estimate of drug-likeness (QED) is 0.176. The molecule has 0 unspecified atom stereocenters. The molecule has 8 aromatic carbocycles. The van der Waals surface area contributed by atoms with Crippen molar-refractivity contribution in [1.82, 2.24) is 19.5 Å². The van der Waals surface area contributed by atoms with Crippen molar-refractivity contribution in [2.24, 2.45) is 0 Å². The Morgan fingerprint density at radius 2 is 1.19 bits per heavy atom. The van der Waals surface area contributed by atoms with Crippen molar-refractivity contribution in [3.05, 3.63) is 182 Å². The Kier molecular flexibility index (Phi) is 5.65. The molecule has 266 valence electrons. The number of benzene rings is 8. The predicted molar refractivity (Wildman–Crippen MR) is 236 cm³/mol. The lowest BCUT2D eigenvalue weighted by Crippen LogP contribution is -2.04. The maximum atomic E-state index is 9.55. The minimum atomic E-state index is -0.255. The molecule has 4 heterocycles. The lowest BCUT2D eigenvalue weighted by Gasteiger charge is -2.16. The molecule has 0 amide bonds. The fourth-order valence-electron chi connectivity index (χ4n) is 7.93. The second-order valence-corrected chi connectivity index (χ2v) is 14.8. The zero-order chi connectivity index (χ0) is 43.5. The summed E-state index contributed by atoms with van der Waals surface area (Å²) in [6, 6.07) is 43.1. The van der Waals surface area contributed by atoms with Crippen molar-refractivity contribution in [3.8, 4) is 51.0 Å². The van der Waals surface area contributed by atoms with Crippen molar-refractivity contribution in [2.45, 2.75) is 0 Å². The Morgan fingerprint density at radius 1 is 0.491 bits per heavy atom. The van der Waals surface area contributed by atoms with Gasteiger partial charge in [0.15, 0.2) is 23.1 Å². The third-order valence-corrected chi connectivity index (χ3v) is 11.7. The first-order chi connectivity index (χ1) is 31.2. The van der Waals surface area contributed by atoms with Gasteiger partial charge < -0.3 is 8.98 Å². The molecule has 0 spiro atoms. The molecule has 0 aliphatic carbocycles. The minimum absolute atomic E-state index is 0.0627. The first-order valence-electron chi connectivity index (χ1n) is 21.9. The number of furan rings is 1. The first kappa shape index (κ1) is 25.6. The van der Waals surface area contributed by atoms with E-state index in [9.17, 15) is 5.48 Å². The third kappa shape index (κ3) is 4.98. The largest absolute Gasteiger partial charge is 0.454 e. The van der Waals surface area contributed by atoms with Gasteiger partial charge in [0.2, 0.25) is 0 Å². The van der Waals surface area contributed by atoms with E-state index in [0.29, 0.717) is 28.7 Å². The van der Waals surface area contributed by atoms with E-state index in [1.165, 1.54) is 12.1 Å². The fourth-order valence-corrected chi connectivity index (χ4v) is 9.17. The van der Waals surface area contributed by atoms with Crippen molar-refractivity contribution in [1.29, 1.82) is 0 Å². The fraction of sp³-hybridized carbons (Fsp3) is 0. The average Bonchev–Trinajstić information content (AvgIpc) is 4.03. The van der Waals surface area contributed by atoms with Crippen LogP contribution in [0.5, 0.6) is 0 Å². The van der Waals surface area contributed by atoms with Crippen LogP contribution in [0.2, 0.25) is 0 Å². The summed E-state index contributed by atoms with van der Waals surface area (Å²) in [6.07, 6.45) is 0. The number of hydrogen-bond acceptors (Lipinski definition) is 5. The Hall–Kier alpha value is -7.41. The second-order valence-electron chi connectivity index (χ2n) is 13.8. The summed E-state index contributed by atoms with van der Waals surface area (Å²) >= 11 is 1.71. The Balaban J connectivity index is 1.26. The molecule has 0 N–H and O–H groups in total. The van der Waals surface area contributed by atoms with E-state index >= 15 is 0 Å². The first-order valence-corrected chi connectivity index (χ1v) is 19.3. The van der Waals surface area contributed by atoms with Crippen LogP contribution >= 0.6 is 11.3 Å². The minimum Gasteiger partial charge on any atom is -0.454 e. The Labute approximate surface area is 340 Å². The zero-order valence-corrected chi connectivity index (χ0v) is 30.7. The summed E-state index contributed by atoms with van der Waals surface area (Å²) in [6.45, 7) is 0. The van der Waals surface area contributed by atoms with E-state index in [2.05, 4.69) is 30.3 Å². The van der Waals surface area contributed by atoms with E-state index in [-0.39, 0.29) is 86.0 Å². The van der Waals surface area contributed by atoms with Gasteiger partial charge in [-0.1, -0.05) is 145 Å². The molecule has 0 saturated carbocycles. The van der Waals surface area contributed by atoms with Crippen LogP contribution in [0.4, 0.5) is 0 Å². The summed E-state index contributed by atoms with van der Waals surface area (Å²) in [5, 5.41) is 3.00. The monoisotopic (exact) mass is 753 g/mol. The van der Waals surface area contributed by atoms with Gasteiger partial charge >= 0.3 is 0 Å². The summed E-state index contributed by atoms with van der Waals surface area (Å²) in [5.41, 5.74) is 5.34. The Bertz CT molecular complexity index is 3880. The normalized spacial score (nSPS) is 13.6. The van der Waals surface area contributed by atoms with Gasteiger partial charge in [-0.25, -0.2) is 15.0 Å². The van der Waals surface area contributed by atoms with E-state index < -0.39 is 0 Å². The molecule has 5 nitrogen and oxygen atoms in total. The number of rotatable bonds is 5. The summed E-state index contributed by atoms with van der Waals surface area (Å²) in [7, 11) is 0. The van der Waals surface area contributed by atoms with Gasteiger partial charge in [-0.05, 0) is 47.5 Å². The van der Waals surface area contributed by atoms with Crippen molar-refractivity contribution in [3.63, 3.8) is 0 Å². The van der Waals surface area contributed by atoms with E-state index in [1.807, 2.05) is 91.0 Å². The highest BCUT2D eigenvalue weighted by molar-refractivity contribution is 7.26. The second kappa shape index (κ2) is 12.6. The molecule has 12 rings (SSSR count). The molecule has 6 heteroatoms. The molecular weight excluding hydrogens is 717 g/mol. The van der Waals surface area contributed by atoms with E-state index in [1.54, 1.807) is 22.0 Å². The molecular formula is C51H30N4OS. The van der Waals surface area contributed by atoms with E-state index in [0.717, 1.165) is 42.4 Å². The topological polar surface area (TPSA) is 56.7 Å². The number of fused-ring (bicyclic) bond motifs is 10. The highest BCUT2D eigenvalue weighted by atomic mass is 32.1. The number of thiophene rings is 1. The van der Waals surface area contributed by atoms with Crippen LogP contribution in [0.15, 0.2) is 186 Å². The van der Waals surface area contributed by atoms with Gasteiger partial charge in [0, 0.05) is 58.4 Å². The van der Waals surface area contributed by atoms with E-state index in [4.69, 9.17) is 23.5 Å². The number of nitrogens with zero attached hydrogens (tertiary/aromatic N) is 4. The number of aromatic nitrogens is 4. The number of hydrogen-bond donors (Lipinski definition) is 0. The van der Waals surface area contributed by atoms with Crippen LogP contribution in [0.25, 0.3) is 115 Å². The lowest BCUT2D eigenvalue weighted by molar-refractivity contribution is 0.671. The molecule has 0 saturated heterocycles. The van der Waals surface area contributed by atoms with Crippen LogP contribution in [-0.2, 0) is 0 Å². The van der Waals surface area contributed by atoms with Gasteiger partial charge in [-0.3, -0.25) is 0 Å². The van der Waals surface area contributed by atoms with Crippen LogP contribution in [-0.4, -0.2) is 19.5 Å². The average molecular weight is 754 g/mol. The summed E-state index contributed by atoms with van der Waals surface area (Å²) in [5.74, 6) is 1.18. The Morgan fingerprint density at radius 3 is 2.02 bits per heavy atom. The predicted octanol–water partition coefficient (Wildman–Crippen LogP) is 13.9. The van der Waals surface area contributed by atoms with Crippen LogP contribution in [0.3, 0.4) is 0 Å². The summed E-state index contributed by atoms with van der Waals surface area (Å²) in [4.78, 5) is 15.3. The van der Waals surface area contributed by atoms with Gasteiger partial charge in [-0.15, -0.1) is 11.3 Å². The molecule has 12 aromatic rings. The molecule has 0 aliphatic heterocycles. The molecule has 0 fully saturated rings. The van der Waals surface area contributed by atoms with Crippen molar-refractivity contribution >= 4 is 75.3 Å². The molecule has 0 aliphatic rings. The van der Waals surface area contributed by atoms with Crippen molar-refractivity contribution < 1.29 is 14.0 Å². The van der Waals surface area contributed by atoms with Gasteiger partial charge in [-0.2, -0.15) is 0 Å². The van der Waals surface area contributed by atoms with Crippen molar-refractivity contribution in [2.75, 3.05) is 0 Å². The summed E-state index contributed by atoms with van der Waals surface area (Å²) < 4.78 is 74.4. The van der Waals surface area contributed by atoms with Gasteiger partial charge in [0.1, 0.15) is 5.58 Å². The smallest absolute Gasteiger partial charge is 0.166 e. The maximum Gasteiger partial charge on any atom is 0.166 e. The molecule has 0 atom stereocenters. The molecule has 57 heavy (non-hydrogen) atoms. The molecule has 0 bridgehead atoms. The van der Waals surface area contributed by atoms with Gasteiger partial charge in [0.05, 0.1) is 26.3 Å². The highest BCUT2D eigenvalue weighted by Gasteiger charge is 2.24. The zero-order valence-electron chi connectivity index (χ0n) is 36.9. The van der Waals surface area contributed by atoms with Crippen LogP contribution in [0.1, 0.15) is 9.60 Å². The molecule has 4 aromatic heterocycles. The SMILES string of the molecule is [2H]c1ccc2oc3c(c([2H])c([2H])c4c5c([2H])c([2H])cc([2H])c5n(-c5ccc(-c6cccc7c6sc6ccccc67)cc5-c5nc(-c6ccccc6)nc(-c6ccccc6)n5)c34)c2c1[2H]. The third-order valence-electron chi connectivity index (χ3n) is 10.5. The molecule has 0 radical (unpaired) electrons. The van der Waals surface area contributed by atoms with Gasteiger partial charge in [0.25, 0.3) is 0 Å². The van der Waals surface area contributed by atoms with Crippen LogP contribution in [0, 0.1) is 0 Å². The standard InChI is InChI=1S/C51H30N4OS/c1-3-14-31(15-4-1)49-52-50(32-16-5-2-6-17-32)54-51(53-49)41-30-33(34-21-13-22-40-37-20-9-12-25-45(37)57-48(34)40)26-29-43(41)55-42-23-10-7-18-35(42)38-27-28-39-36-19-8-11-24-44(36)56-47(39)46(38)55/h1-30H/i7D,8D,18D,19D,23D,27D,28D. The van der Waals surface area contributed by atoms with Crippen LogP contribution < -0.4 is 0 Å². The number of para-hydroxylation sites is 2.